The summed E-state index contributed by atoms with van der Waals surface area (Å²) in [5.74, 6) is -1.08. The van der Waals surface area contributed by atoms with Gasteiger partial charge in [-0.15, -0.1) is 0 Å². The summed E-state index contributed by atoms with van der Waals surface area (Å²) in [6.45, 7) is 0. The third-order valence-corrected chi connectivity index (χ3v) is 2.67. The molecule has 3 nitrogen and oxygen atoms in total. The van der Waals surface area contributed by atoms with E-state index in [0.717, 1.165) is 6.07 Å². The van der Waals surface area contributed by atoms with Gasteiger partial charge in [0.25, 0.3) is 5.91 Å². The Morgan fingerprint density at radius 1 is 1.22 bits per heavy atom. The largest absolute Gasteiger partial charge is 0.321 e. The third kappa shape index (κ3) is 2.97. The summed E-state index contributed by atoms with van der Waals surface area (Å²) in [6, 6.07) is 6.96. The molecule has 1 aromatic heterocycles. The Hall–Kier alpha value is -1.65. The van der Waals surface area contributed by atoms with Crippen molar-refractivity contribution in [1.29, 1.82) is 0 Å². The van der Waals surface area contributed by atoms with E-state index in [2.05, 4.69) is 10.3 Å². The molecule has 6 heteroatoms. The van der Waals surface area contributed by atoms with E-state index in [4.69, 9.17) is 23.2 Å². The van der Waals surface area contributed by atoms with E-state index in [0.29, 0.717) is 10.7 Å². The molecular formula is C12H7Cl2FN2O. The molecule has 0 bridgehead atoms. The second kappa shape index (κ2) is 5.33. The molecule has 0 spiro atoms. The van der Waals surface area contributed by atoms with E-state index in [9.17, 15) is 9.18 Å². The van der Waals surface area contributed by atoms with E-state index < -0.39 is 11.7 Å². The lowest BCUT2D eigenvalue weighted by Crippen LogP contribution is -2.13. The van der Waals surface area contributed by atoms with E-state index in [1.165, 1.54) is 24.4 Å². The smallest absolute Gasteiger partial charge is 0.274 e. The van der Waals surface area contributed by atoms with Crippen molar-refractivity contribution in [3.05, 3.63) is 58.1 Å². The fourth-order valence-electron chi connectivity index (χ4n) is 1.30. The summed E-state index contributed by atoms with van der Waals surface area (Å²) in [4.78, 5) is 15.6. The van der Waals surface area contributed by atoms with Gasteiger partial charge in [0.2, 0.25) is 0 Å². The van der Waals surface area contributed by atoms with Gasteiger partial charge in [0.1, 0.15) is 11.5 Å². The molecule has 2 aromatic rings. The van der Waals surface area contributed by atoms with Crippen LogP contribution in [0.15, 0.2) is 36.5 Å². The molecule has 0 saturated heterocycles. The van der Waals surface area contributed by atoms with Crippen molar-refractivity contribution in [3.63, 3.8) is 0 Å². The zero-order valence-corrected chi connectivity index (χ0v) is 10.5. The number of rotatable bonds is 2. The monoisotopic (exact) mass is 284 g/mol. The van der Waals surface area contributed by atoms with E-state index in [-0.39, 0.29) is 10.7 Å². The van der Waals surface area contributed by atoms with Gasteiger partial charge in [-0.2, -0.15) is 0 Å². The Morgan fingerprint density at radius 2 is 2.00 bits per heavy atom. The van der Waals surface area contributed by atoms with Crippen LogP contribution in [0.2, 0.25) is 10.0 Å². The maximum Gasteiger partial charge on any atom is 0.274 e. The highest BCUT2D eigenvalue weighted by Gasteiger charge is 2.09. The summed E-state index contributed by atoms with van der Waals surface area (Å²) < 4.78 is 13.2. The average molecular weight is 285 g/mol. The highest BCUT2D eigenvalue weighted by molar-refractivity contribution is 6.31. The van der Waals surface area contributed by atoms with Gasteiger partial charge in [0, 0.05) is 16.9 Å². The maximum absolute atomic E-state index is 13.2. The van der Waals surface area contributed by atoms with Crippen LogP contribution in [0.5, 0.6) is 0 Å². The molecule has 1 heterocycles. The Morgan fingerprint density at radius 3 is 2.67 bits per heavy atom. The molecule has 0 atom stereocenters. The third-order valence-electron chi connectivity index (χ3n) is 2.13. The number of halogens is 3. The molecule has 1 aromatic carbocycles. The number of aromatic nitrogens is 1. The van der Waals surface area contributed by atoms with Gasteiger partial charge in [-0.1, -0.05) is 23.2 Å². The number of carbonyl (C=O) groups excluding carboxylic acids is 1. The molecule has 1 N–H and O–H groups in total. The van der Waals surface area contributed by atoms with Crippen LogP contribution >= 0.6 is 23.2 Å². The van der Waals surface area contributed by atoms with Crippen LogP contribution in [-0.2, 0) is 0 Å². The van der Waals surface area contributed by atoms with Gasteiger partial charge < -0.3 is 5.32 Å². The fourth-order valence-corrected chi connectivity index (χ4v) is 1.58. The van der Waals surface area contributed by atoms with Crippen LogP contribution in [0.1, 0.15) is 10.5 Å². The molecular weight excluding hydrogens is 278 g/mol. The normalized spacial score (nSPS) is 10.2. The van der Waals surface area contributed by atoms with Gasteiger partial charge in [-0.25, -0.2) is 4.39 Å². The first-order chi connectivity index (χ1) is 8.56. The van der Waals surface area contributed by atoms with Crippen molar-refractivity contribution < 1.29 is 9.18 Å². The second-order valence-electron chi connectivity index (χ2n) is 3.44. The molecule has 2 rings (SSSR count). The summed E-state index contributed by atoms with van der Waals surface area (Å²) in [5, 5.41) is 2.89. The van der Waals surface area contributed by atoms with Crippen molar-refractivity contribution in [2.75, 3.05) is 5.32 Å². The number of hydrogen-bond acceptors (Lipinski definition) is 2. The number of nitrogens with one attached hydrogen (secondary N) is 1. The summed E-state index contributed by atoms with van der Waals surface area (Å²) in [5.41, 5.74) is 0.446. The highest BCUT2D eigenvalue weighted by atomic mass is 35.5. The molecule has 0 aliphatic carbocycles. The number of anilines is 1. The summed E-state index contributed by atoms with van der Waals surface area (Å²) >= 11 is 11.3. The highest BCUT2D eigenvalue weighted by Crippen LogP contribution is 2.19. The lowest BCUT2D eigenvalue weighted by atomic mass is 10.3. The Bertz CT molecular complexity index is 604. The van der Waals surface area contributed by atoms with Crippen molar-refractivity contribution in [1.82, 2.24) is 4.98 Å². The zero-order valence-electron chi connectivity index (χ0n) is 8.95. The lowest BCUT2D eigenvalue weighted by molar-refractivity contribution is 0.102. The molecule has 1 amide bonds. The minimum atomic E-state index is -0.603. The molecule has 0 radical (unpaired) electrons. The molecule has 18 heavy (non-hydrogen) atoms. The predicted molar refractivity (Wildman–Crippen MR) is 68.6 cm³/mol. The van der Waals surface area contributed by atoms with E-state index >= 15 is 0 Å². The number of carbonyl (C=O) groups is 1. The molecule has 92 valence electrons. The molecule has 0 saturated carbocycles. The minimum Gasteiger partial charge on any atom is -0.321 e. The number of nitrogens with zero attached hydrogens (tertiary/aromatic N) is 1. The van der Waals surface area contributed by atoms with Gasteiger partial charge in [-0.3, -0.25) is 9.78 Å². The van der Waals surface area contributed by atoms with Gasteiger partial charge in [0.05, 0.1) is 5.02 Å². The Balaban J connectivity index is 2.18. The SMILES string of the molecule is O=C(Nc1ccc(Cl)c(F)c1)c1cc(Cl)ccn1. The summed E-state index contributed by atoms with van der Waals surface area (Å²) in [7, 11) is 0. The first-order valence-corrected chi connectivity index (χ1v) is 5.70. The van der Waals surface area contributed by atoms with E-state index in [1.807, 2.05) is 0 Å². The van der Waals surface area contributed by atoms with E-state index in [1.54, 1.807) is 6.07 Å². The quantitative estimate of drug-likeness (QED) is 0.912. The van der Waals surface area contributed by atoms with Crippen LogP contribution in [-0.4, -0.2) is 10.9 Å². The molecule has 0 unspecified atom stereocenters. The topological polar surface area (TPSA) is 42.0 Å². The molecule has 0 aliphatic heterocycles. The predicted octanol–water partition coefficient (Wildman–Crippen LogP) is 3.78. The van der Waals surface area contributed by atoms with Gasteiger partial charge in [0.15, 0.2) is 0 Å². The molecule has 0 aliphatic rings. The Labute approximate surface area is 113 Å². The van der Waals surface area contributed by atoms with Gasteiger partial charge >= 0.3 is 0 Å². The van der Waals surface area contributed by atoms with Crippen LogP contribution in [0.3, 0.4) is 0 Å². The van der Waals surface area contributed by atoms with Crippen LogP contribution in [0.4, 0.5) is 10.1 Å². The minimum absolute atomic E-state index is 0.00567. The first kappa shape index (κ1) is 12.8. The summed E-state index contributed by atoms with van der Waals surface area (Å²) in [6.07, 6.45) is 1.42. The zero-order chi connectivity index (χ0) is 13.1. The number of hydrogen-bond donors (Lipinski definition) is 1. The number of pyridine rings is 1. The fraction of sp³-hybridized carbons (Fsp3) is 0. The van der Waals surface area contributed by atoms with Crippen LogP contribution in [0, 0.1) is 5.82 Å². The maximum atomic E-state index is 13.2. The standard InChI is InChI=1S/C12H7Cl2FN2O/c13-7-3-4-16-11(5-7)12(18)17-8-1-2-9(14)10(15)6-8/h1-6H,(H,17,18). The van der Waals surface area contributed by atoms with Gasteiger partial charge in [-0.05, 0) is 30.3 Å². The second-order valence-corrected chi connectivity index (χ2v) is 4.29. The lowest BCUT2D eigenvalue weighted by Gasteiger charge is -2.05. The van der Waals surface area contributed by atoms with Crippen molar-refractivity contribution >= 4 is 34.8 Å². The molecule has 0 fully saturated rings. The van der Waals surface area contributed by atoms with Crippen molar-refractivity contribution in [3.8, 4) is 0 Å². The average Bonchev–Trinajstić information content (AvgIpc) is 2.34. The first-order valence-electron chi connectivity index (χ1n) is 4.94. The number of amides is 1. The van der Waals surface area contributed by atoms with Crippen LogP contribution in [0.25, 0.3) is 0 Å². The van der Waals surface area contributed by atoms with Crippen molar-refractivity contribution in [2.45, 2.75) is 0 Å². The van der Waals surface area contributed by atoms with Crippen molar-refractivity contribution in [2.24, 2.45) is 0 Å². The Kier molecular flexibility index (Phi) is 3.79. The van der Waals surface area contributed by atoms with Crippen LogP contribution < -0.4 is 5.32 Å². The number of benzene rings is 1.